The number of nitrogens with zero attached hydrogens (tertiary/aromatic N) is 6. The van der Waals surface area contributed by atoms with Crippen LogP contribution in [0.4, 0.5) is 0 Å². The molecule has 1 amide bonds. The number of hydrogen-bond donors (Lipinski definition) is 0. The first-order valence-corrected chi connectivity index (χ1v) is 12.7. The summed E-state index contributed by atoms with van der Waals surface area (Å²) in [5.74, 6) is 1.72. The van der Waals surface area contributed by atoms with Crippen molar-refractivity contribution in [3.63, 3.8) is 0 Å². The van der Waals surface area contributed by atoms with Crippen molar-refractivity contribution in [3.8, 4) is 17.1 Å². The van der Waals surface area contributed by atoms with Crippen molar-refractivity contribution in [3.05, 3.63) is 83.5 Å². The number of aryl methyl sites for hydroxylation is 1. The molecule has 2 fully saturated rings. The Morgan fingerprint density at radius 1 is 1.00 bits per heavy atom. The number of amides is 1. The average Bonchev–Trinajstić information content (AvgIpc) is 3.48. The number of hydrogen-bond acceptors (Lipinski definition) is 6. The zero-order chi connectivity index (χ0) is 24.6. The number of aromatic nitrogens is 4. The van der Waals surface area contributed by atoms with Gasteiger partial charge in [0, 0.05) is 37.7 Å². The van der Waals surface area contributed by atoms with Crippen LogP contribution in [0.5, 0.6) is 0 Å². The lowest BCUT2D eigenvalue weighted by Gasteiger charge is -2.36. The summed E-state index contributed by atoms with van der Waals surface area (Å²) >= 11 is 0. The van der Waals surface area contributed by atoms with Gasteiger partial charge in [0.15, 0.2) is 0 Å². The first kappa shape index (κ1) is 22.7. The van der Waals surface area contributed by atoms with E-state index in [2.05, 4.69) is 28.9 Å². The molecule has 6 rings (SSSR count). The highest BCUT2D eigenvalue weighted by Crippen LogP contribution is 2.40. The predicted molar refractivity (Wildman–Crippen MR) is 136 cm³/mol. The fraction of sp³-hybridized carbons (Fsp3) is 0.357. The molecule has 1 unspecified atom stereocenters. The lowest BCUT2D eigenvalue weighted by atomic mass is 10.1. The first-order valence-electron chi connectivity index (χ1n) is 12.7. The molecule has 2 aliphatic rings. The number of carbonyl (C=O) groups excluding carboxylic acids is 1. The van der Waals surface area contributed by atoms with Crippen LogP contribution in [-0.4, -0.2) is 61.8 Å². The molecular formula is C28H30N6O2. The van der Waals surface area contributed by atoms with Gasteiger partial charge in [0.25, 0.3) is 5.91 Å². The minimum absolute atomic E-state index is 0.0229. The molecule has 8 heteroatoms. The van der Waals surface area contributed by atoms with Gasteiger partial charge in [0.2, 0.25) is 11.7 Å². The van der Waals surface area contributed by atoms with Gasteiger partial charge in [-0.25, -0.2) is 4.68 Å². The molecule has 1 atom stereocenters. The minimum atomic E-state index is -0.0229. The molecule has 1 aliphatic heterocycles. The van der Waals surface area contributed by atoms with Gasteiger partial charge >= 0.3 is 0 Å². The predicted octanol–water partition coefficient (Wildman–Crippen LogP) is 4.63. The molecule has 0 bridgehead atoms. The largest absolute Gasteiger partial charge is 0.337 e. The summed E-state index contributed by atoms with van der Waals surface area (Å²) in [6, 6.07) is 20.0. The minimum Gasteiger partial charge on any atom is -0.337 e. The number of benzene rings is 2. The van der Waals surface area contributed by atoms with Crippen molar-refractivity contribution < 1.29 is 9.32 Å². The smallest absolute Gasteiger partial charge is 0.272 e. The van der Waals surface area contributed by atoms with E-state index in [-0.39, 0.29) is 11.9 Å². The highest BCUT2D eigenvalue weighted by Gasteiger charge is 2.32. The van der Waals surface area contributed by atoms with E-state index in [0.29, 0.717) is 36.4 Å². The molecule has 0 N–H and O–H groups in total. The van der Waals surface area contributed by atoms with Crippen molar-refractivity contribution in [2.24, 2.45) is 0 Å². The molecule has 8 nitrogen and oxygen atoms in total. The molecule has 0 spiro atoms. The van der Waals surface area contributed by atoms with E-state index < -0.39 is 0 Å². The second-order valence-corrected chi connectivity index (χ2v) is 9.80. The molecule has 184 valence electrons. The van der Waals surface area contributed by atoms with Crippen molar-refractivity contribution >= 4 is 5.91 Å². The third-order valence-electron chi connectivity index (χ3n) is 7.20. The van der Waals surface area contributed by atoms with E-state index in [4.69, 9.17) is 9.62 Å². The second kappa shape index (κ2) is 9.35. The SMILES string of the molecule is Cc1ccc(-c2noc(C(C)N3CCN(C(=O)c4cc(C5CC5)nn4-c4ccccc4)CC3)n2)cc1. The van der Waals surface area contributed by atoms with Crippen LogP contribution in [0.2, 0.25) is 0 Å². The van der Waals surface area contributed by atoms with E-state index in [1.807, 2.05) is 70.2 Å². The molecule has 36 heavy (non-hydrogen) atoms. The van der Waals surface area contributed by atoms with Crippen LogP contribution < -0.4 is 0 Å². The van der Waals surface area contributed by atoms with Crippen molar-refractivity contribution in [2.75, 3.05) is 26.2 Å². The quantitative estimate of drug-likeness (QED) is 0.399. The lowest BCUT2D eigenvalue weighted by Crippen LogP contribution is -2.49. The normalized spacial score (nSPS) is 17.3. The maximum absolute atomic E-state index is 13.6. The molecule has 4 aromatic rings. The highest BCUT2D eigenvalue weighted by molar-refractivity contribution is 5.93. The summed E-state index contributed by atoms with van der Waals surface area (Å²) < 4.78 is 7.42. The van der Waals surface area contributed by atoms with Crippen molar-refractivity contribution in [2.45, 2.75) is 38.6 Å². The van der Waals surface area contributed by atoms with Gasteiger partial charge in [-0.3, -0.25) is 9.69 Å². The fourth-order valence-corrected chi connectivity index (χ4v) is 4.75. The molecule has 1 aliphatic carbocycles. The van der Waals surface area contributed by atoms with Gasteiger partial charge in [0.1, 0.15) is 5.69 Å². The van der Waals surface area contributed by atoms with E-state index in [1.54, 1.807) is 0 Å². The van der Waals surface area contributed by atoms with Crippen LogP contribution in [0.15, 0.2) is 65.2 Å². The Morgan fingerprint density at radius 3 is 2.42 bits per heavy atom. The van der Waals surface area contributed by atoms with Crippen molar-refractivity contribution in [1.82, 2.24) is 29.7 Å². The van der Waals surface area contributed by atoms with Gasteiger partial charge in [-0.1, -0.05) is 53.2 Å². The Morgan fingerprint density at radius 2 is 1.72 bits per heavy atom. The average molecular weight is 483 g/mol. The van der Waals surface area contributed by atoms with E-state index >= 15 is 0 Å². The maximum atomic E-state index is 13.6. The van der Waals surface area contributed by atoms with Crippen LogP contribution >= 0.6 is 0 Å². The van der Waals surface area contributed by atoms with Gasteiger partial charge in [0.05, 0.1) is 17.4 Å². The van der Waals surface area contributed by atoms with Crippen LogP contribution in [0, 0.1) is 6.92 Å². The van der Waals surface area contributed by atoms with Crippen LogP contribution in [0.25, 0.3) is 17.1 Å². The summed E-state index contributed by atoms with van der Waals surface area (Å²) in [6.07, 6.45) is 2.30. The van der Waals surface area contributed by atoms with E-state index in [0.717, 1.165) is 42.9 Å². The zero-order valence-electron chi connectivity index (χ0n) is 20.7. The first-order chi connectivity index (χ1) is 17.6. The number of carbonyl (C=O) groups is 1. The third-order valence-corrected chi connectivity index (χ3v) is 7.20. The number of piperazine rings is 1. The molecule has 1 saturated heterocycles. The molecule has 3 heterocycles. The van der Waals surface area contributed by atoms with Crippen LogP contribution in [-0.2, 0) is 0 Å². The summed E-state index contributed by atoms with van der Waals surface area (Å²) in [5.41, 5.74) is 4.72. The summed E-state index contributed by atoms with van der Waals surface area (Å²) in [7, 11) is 0. The van der Waals surface area contributed by atoms with Gasteiger partial charge < -0.3 is 9.42 Å². The van der Waals surface area contributed by atoms with E-state index in [9.17, 15) is 4.79 Å². The Bertz CT molecular complexity index is 1350. The second-order valence-electron chi connectivity index (χ2n) is 9.80. The standard InChI is InChI=1S/C28H30N6O2/c1-19-8-10-22(11-9-19)26-29-27(36-31-26)20(2)32-14-16-33(17-15-32)28(35)25-18-24(21-12-13-21)30-34(25)23-6-4-3-5-7-23/h3-11,18,20-21H,12-17H2,1-2H3. The van der Waals surface area contributed by atoms with Gasteiger partial charge in [-0.2, -0.15) is 10.1 Å². The Balaban J connectivity index is 1.14. The number of rotatable bonds is 6. The van der Waals surface area contributed by atoms with Gasteiger partial charge in [-0.05, 0) is 44.9 Å². The Kier molecular flexibility index (Phi) is 5.89. The monoisotopic (exact) mass is 482 g/mol. The topological polar surface area (TPSA) is 80.3 Å². The Hall–Kier alpha value is -3.78. The highest BCUT2D eigenvalue weighted by atomic mass is 16.5. The van der Waals surface area contributed by atoms with Crippen molar-refractivity contribution in [1.29, 1.82) is 0 Å². The maximum Gasteiger partial charge on any atom is 0.272 e. The molecule has 2 aromatic carbocycles. The Labute approximate surface area is 210 Å². The molecule has 0 radical (unpaired) electrons. The van der Waals surface area contributed by atoms with Crippen LogP contribution in [0.3, 0.4) is 0 Å². The third kappa shape index (κ3) is 4.44. The lowest BCUT2D eigenvalue weighted by molar-refractivity contribution is 0.0543. The number of para-hydroxylation sites is 1. The van der Waals surface area contributed by atoms with Gasteiger partial charge in [-0.15, -0.1) is 0 Å². The van der Waals surface area contributed by atoms with Crippen LogP contribution in [0.1, 0.15) is 59.4 Å². The summed E-state index contributed by atoms with van der Waals surface area (Å²) in [4.78, 5) is 22.5. The van der Waals surface area contributed by atoms with E-state index in [1.165, 1.54) is 5.56 Å². The zero-order valence-corrected chi connectivity index (χ0v) is 20.7. The molecule has 1 saturated carbocycles. The molecular weight excluding hydrogens is 452 g/mol. The summed E-state index contributed by atoms with van der Waals surface area (Å²) in [5, 5.41) is 8.99. The molecule has 2 aromatic heterocycles. The summed E-state index contributed by atoms with van der Waals surface area (Å²) in [6.45, 7) is 6.89. The fourth-order valence-electron chi connectivity index (χ4n) is 4.75.